The Labute approximate surface area is 242 Å². The Morgan fingerprint density at radius 2 is 1.47 bits per heavy atom. The highest BCUT2D eigenvalue weighted by Gasteiger charge is 2.31. The summed E-state index contributed by atoms with van der Waals surface area (Å²) < 4.78 is 10.5. The van der Waals surface area contributed by atoms with E-state index in [1.807, 2.05) is 60.6 Å². The first-order chi connectivity index (χ1) is 18.2. The number of aryl methyl sites for hydroxylation is 2. The zero-order valence-corrected chi connectivity index (χ0v) is 28.0. The second-order valence-electron chi connectivity index (χ2n) is 9.81. The highest BCUT2D eigenvalue weighted by atomic mass is 32.1. The third-order valence-corrected chi connectivity index (χ3v) is 7.52. The van der Waals surface area contributed by atoms with E-state index >= 15 is 0 Å². The lowest BCUT2D eigenvalue weighted by atomic mass is 9.79. The number of thiophene rings is 1. The molecule has 38 heavy (non-hydrogen) atoms. The molecule has 1 aromatic heterocycles. The molecule has 3 nitrogen and oxygen atoms in total. The smallest absolute Gasteiger partial charge is 0.348 e. The maximum absolute atomic E-state index is 11.0. The van der Waals surface area contributed by atoms with Crippen molar-refractivity contribution in [1.82, 2.24) is 0 Å². The van der Waals surface area contributed by atoms with Crippen molar-refractivity contribution in [3.8, 4) is 0 Å². The number of carbonyl (C=O) groups is 1. The molecule has 0 saturated heterocycles. The molecule has 0 radical (unpaired) electrons. The third kappa shape index (κ3) is 19.6. The van der Waals surface area contributed by atoms with Gasteiger partial charge in [0.25, 0.3) is 0 Å². The van der Waals surface area contributed by atoms with Crippen molar-refractivity contribution < 1.29 is 14.3 Å². The monoisotopic (exact) mass is 552 g/mol. The molecule has 2 aliphatic carbocycles. The summed E-state index contributed by atoms with van der Waals surface area (Å²) in [7, 11) is 1.40. The van der Waals surface area contributed by atoms with Gasteiger partial charge in [-0.15, -0.1) is 24.5 Å². The molecule has 0 atom stereocenters. The van der Waals surface area contributed by atoms with Gasteiger partial charge in [-0.05, 0) is 76.3 Å². The Morgan fingerprint density at radius 1 is 1.00 bits per heavy atom. The van der Waals surface area contributed by atoms with E-state index in [4.69, 9.17) is 4.74 Å². The van der Waals surface area contributed by atoms with Crippen molar-refractivity contribution in [2.45, 2.75) is 139 Å². The SMILES string of the molecule is C=CC.C=CC1(OCCC)CCC(C)CC1.CC.CC.CC1CCCCC1.COC(=O)c1sc(C)cc1C. The van der Waals surface area contributed by atoms with Gasteiger partial charge in [0.15, 0.2) is 0 Å². The van der Waals surface area contributed by atoms with Crippen LogP contribution in [0.3, 0.4) is 0 Å². The standard InChI is InChI=1S/C12H22O.C8H10O2S.C7H14.C3H6.2C2H6/c1-4-10-13-12(5-2)8-6-11(3)7-9-12;1-5-4-6(2)11-7(5)8(9)10-3;1-7-5-3-2-4-6-7;1-3-2;2*1-2/h5,11H,2,4,6-10H2,1,3H3;4H,1-3H3;7H,2-6H2,1H3;3H,1H2,2H3;2*1-2H3. The molecule has 3 rings (SSSR count). The fourth-order valence-corrected chi connectivity index (χ4v) is 5.15. The summed E-state index contributed by atoms with van der Waals surface area (Å²) in [4.78, 5) is 12.9. The molecule has 0 aliphatic heterocycles. The van der Waals surface area contributed by atoms with E-state index in [9.17, 15) is 4.79 Å². The summed E-state index contributed by atoms with van der Waals surface area (Å²) in [5, 5.41) is 0. The maximum atomic E-state index is 11.0. The molecule has 2 aliphatic rings. The minimum absolute atomic E-state index is 0.0164. The summed E-state index contributed by atoms with van der Waals surface area (Å²) in [6.07, 6.45) is 17.2. The van der Waals surface area contributed by atoms with Gasteiger partial charge in [0.1, 0.15) is 4.88 Å². The minimum atomic E-state index is -0.236. The molecule has 0 amide bonds. The number of esters is 1. The molecule has 0 bridgehead atoms. The van der Waals surface area contributed by atoms with Gasteiger partial charge in [-0.2, -0.15) is 0 Å². The molecule has 2 saturated carbocycles. The molecule has 0 unspecified atom stereocenters. The lowest BCUT2D eigenvalue weighted by molar-refractivity contribution is -0.0404. The maximum Gasteiger partial charge on any atom is 0.348 e. The molecule has 224 valence electrons. The van der Waals surface area contributed by atoms with E-state index in [0.717, 1.165) is 48.1 Å². The van der Waals surface area contributed by atoms with E-state index in [1.165, 1.54) is 63.4 Å². The largest absolute Gasteiger partial charge is 0.465 e. The lowest BCUT2D eigenvalue weighted by Gasteiger charge is -2.36. The summed E-state index contributed by atoms with van der Waals surface area (Å²) in [6.45, 7) is 28.8. The number of allylic oxidation sites excluding steroid dienone is 1. The molecule has 0 spiro atoms. The van der Waals surface area contributed by atoms with Gasteiger partial charge in [0, 0.05) is 11.5 Å². The number of hydrogen-bond acceptors (Lipinski definition) is 4. The topological polar surface area (TPSA) is 35.5 Å². The second-order valence-corrected chi connectivity index (χ2v) is 11.1. The number of carbonyl (C=O) groups excluding carboxylic acids is 1. The van der Waals surface area contributed by atoms with Gasteiger partial charge in [0.2, 0.25) is 0 Å². The summed E-state index contributed by atoms with van der Waals surface area (Å²) in [5.74, 6) is 1.67. The van der Waals surface area contributed by atoms with Gasteiger partial charge in [-0.25, -0.2) is 4.79 Å². The van der Waals surface area contributed by atoms with Crippen molar-refractivity contribution >= 4 is 17.3 Å². The van der Waals surface area contributed by atoms with Crippen LogP contribution in [0.1, 0.15) is 140 Å². The Kier molecular flexibility index (Phi) is 29.4. The highest BCUT2D eigenvalue weighted by molar-refractivity contribution is 7.14. The number of ether oxygens (including phenoxy) is 2. The average molecular weight is 553 g/mol. The van der Waals surface area contributed by atoms with Crippen LogP contribution in [-0.4, -0.2) is 25.3 Å². The van der Waals surface area contributed by atoms with Crippen molar-refractivity contribution in [2.75, 3.05) is 13.7 Å². The van der Waals surface area contributed by atoms with Crippen molar-refractivity contribution in [3.63, 3.8) is 0 Å². The van der Waals surface area contributed by atoms with E-state index < -0.39 is 0 Å². The quantitative estimate of drug-likeness (QED) is 0.269. The van der Waals surface area contributed by atoms with Gasteiger partial charge >= 0.3 is 5.97 Å². The van der Waals surface area contributed by atoms with Crippen LogP contribution < -0.4 is 0 Å². The van der Waals surface area contributed by atoms with Gasteiger partial charge in [-0.1, -0.05) is 92.7 Å². The zero-order chi connectivity index (χ0) is 30.0. The number of rotatable bonds is 5. The summed E-state index contributed by atoms with van der Waals surface area (Å²) in [5.41, 5.74) is 1.02. The van der Waals surface area contributed by atoms with E-state index in [-0.39, 0.29) is 11.6 Å². The van der Waals surface area contributed by atoms with Gasteiger partial charge < -0.3 is 9.47 Å². The fourth-order valence-electron chi connectivity index (χ4n) is 4.21. The first-order valence-electron chi connectivity index (χ1n) is 15.2. The van der Waals surface area contributed by atoms with Crippen molar-refractivity contribution in [1.29, 1.82) is 0 Å². The molecule has 2 fully saturated rings. The fraction of sp³-hybridized carbons (Fsp3) is 0.735. The van der Waals surface area contributed by atoms with Crippen LogP contribution in [0.4, 0.5) is 0 Å². The Bertz CT molecular complexity index is 672. The van der Waals surface area contributed by atoms with E-state index in [2.05, 4.69) is 38.7 Å². The number of methoxy groups -OCH3 is 1. The first-order valence-corrected chi connectivity index (χ1v) is 16.0. The normalized spacial score (nSPS) is 19.9. The van der Waals surface area contributed by atoms with Crippen LogP contribution in [0.2, 0.25) is 0 Å². The van der Waals surface area contributed by atoms with Crippen LogP contribution >= 0.6 is 11.3 Å². The molecule has 1 heterocycles. The Morgan fingerprint density at radius 3 is 1.79 bits per heavy atom. The van der Waals surface area contributed by atoms with Crippen molar-refractivity contribution in [3.05, 3.63) is 46.7 Å². The Hall–Kier alpha value is -1.39. The van der Waals surface area contributed by atoms with E-state index in [0.29, 0.717) is 4.88 Å². The lowest BCUT2D eigenvalue weighted by Crippen LogP contribution is -2.34. The molecular formula is C34H64O3S. The van der Waals surface area contributed by atoms with Crippen LogP contribution in [0.5, 0.6) is 0 Å². The minimum Gasteiger partial charge on any atom is -0.465 e. The first kappa shape index (κ1) is 41.1. The average Bonchev–Trinajstić information content (AvgIpc) is 3.29. The third-order valence-electron chi connectivity index (χ3n) is 6.39. The van der Waals surface area contributed by atoms with Crippen LogP contribution in [-0.2, 0) is 9.47 Å². The predicted octanol–water partition coefficient (Wildman–Crippen LogP) is 11.5. The zero-order valence-electron chi connectivity index (χ0n) is 27.2. The van der Waals surface area contributed by atoms with Crippen molar-refractivity contribution in [2.24, 2.45) is 11.8 Å². The highest BCUT2D eigenvalue weighted by Crippen LogP contribution is 2.35. The summed E-state index contributed by atoms with van der Waals surface area (Å²) >= 11 is 1.47. The summed E-state index contributed by atoms with van der Waals surface area (Å²) in [6, 6.07) is 1.98. The molecular weight excluding hydrogens is 488 g/mol. The molecule has 4 heteroatoms. The number of hydrogen-bond donors (Lipinski definition) is 0. The second kappa shape index (κ2) is 27.2. The van der Waals surface area contributed by atoms with Crippen LogP contribution in [0, 0.1) is 25.7 Å². The van der Waals surface area contributed by atoms with E-state index in [1.54, 1.807) is 6.08 Å². The molecule has 0 N–H and O–H groups in total. The van der Waals surface area contributed by atoms with Gasteiger partial charge in [0.05, 0.1) is 12.7 Å². The van der Waals surface area contributed by atoms with Gasteiger partial charge in [-0.3, -0.25) is 0 Å². The Balaban J connectivity index is -0.000000443. The predicted molar refractivity (Wildman–Crippen MR) is 173 cm³/mol. The van der Waals surface area contributed by atoms with Crippen LogP contribution in [0.25, 0.3) is 0 Å². The molecule has 0 aromatic carbocycles. The van der Waals surface area contributed by atoms with Crippen LogP contribution in [0.15, 0.2) is 31.4 Å². The molecule has 1 aromatic rings.